The zero-order valence-corrected chi connectivity index (χ0v) is 11.0. The molecule has 2 nitrogen and oxygen atoms in total. The quantitative estimate of drug-likeness (QED) is 0.902. The van der Waals surface area contributed by atoms with E-state index in [4.69, 9.17) is 5.26 Å². The van der Waals surface area contributed by atoms with Gasteiger partial charge in [0.1, 0.15) is 6.10 Å². The number of nitriles is 1. The zero-order valence-electron chi connectivity index (χ0n) is 11.0. The van der Waals surface area contributed by atoms with Gasteiger partial charge in [-0.3, -0.25) is 0 Å². The SMILES string of the molecule is CCCc1ccc(C(O)c2cccc(C#N)c2)cc1. The first-order valence-electron chi connectivity index (χ1n) is 6.51. The fourth-order valence-corrected chi connectivity index (χ4v) is 2.13. The Bertz CT molecular complexity index is 581. The third-order valence-corrected chi connectivity index (χ3v) is 3.17. The maximum Gasteiger partial charge on any atom is 0.104 e. The minimum atomic E-state index is -0.677. The molecule has 96 valence electrons. The molecule has 2 aromatic carbocycles. The van der Waals surface area contributed by atoms with E-state index in [1.807, 2.05) is 18.2 Å². The number of hydrogen-bond acceptors (Lipinski definition) is 2. The summed E-state index contributed by atoms with van der Waals surface area (Å²) >= 11 is 0. The average molecular weight is 251 g/mol. The summed E-state index contributed by atoms with van der Waals surface area (Å²) < 4.78 is 0. The maximum absolute atomic E-state index is 10.3. The van der Waals surface area contributed by atoms with E-state index in [1.54, 1.807) is 18.2 Å². The van der Waals surface area contributed by atoms with Gasteiger partial charge in [0.15, 0.2) is 0 Å². The Morgan fingerprint density at radius 1 is 1.11 bits per heavy atom. The van der Waals surface area contributed by atoms with Crippen LogP contribution in [0.2, 0.25) is 0 Å². The van der Waals surface area contributed by atoms with E-state index in [-0.39, 0.29) is 0 Å². The van der Waals surface area contributed by atoms with Crippen LogP contribution in [-0.2, 0) is 6.42 Å². The fourth-order valence-electron chi connectivity index (χ4n) is 2.13. The third-order valence-electron chi connectivity index (χ3n) is 3.17. The number of benzene rings is 2. The van der Waals surface area contributed by atoms with E-state index in [0.29, 0.717) is 5.56 Å². The predicted molar refractivity (Wildman–Crippen MR) is 75.7 cm³/mol. The summed E-state index contributed by atoms with van der Waals surface area (Å²) in [5, 5.41) is 19.2. The van der Waals surface area contributed by atoms with Crippen LogP contribution in [-0.4, -0.2) is 5.11 Å². The van der Waals surface area contributed by atoms with Crippen molar-refractivity contribution in [3.05, 3.63) is 70.8 Å². The monoisotopic (exact) mass is 251 g/mol. The van der Waals surface area contributed by atoms with Crippen LogP contribution < -0.4 is 0 Å². The second-order valence-corrected chi connectivity index (χ2v) is 4.63. The molecule has 1 N–H and O–H groups in total. The van der Waals surface area contributed by atoms with Crippen molar-refractivity contribution in [3.8, 4) is 6.07 Å². The Balaban J connectivity index is 2.23. The molecule has 1 atom stereocenters. The predicted octanol–water partition coefficient (Wildman–Crippen LogP) is 3.59. The van der Waals surface area contributed by atoms with Gasteiger partial charge < -0.3 is 5.11 Å². The van der Waals surface area contributed by atoms with Crippen LogP contribution in [0.5, 0.6) is 0 Å². The van der Waals surface area contributed by atoms with Crippen LogP contribution in [0, 0.1) is 11.3 Å². The van der Waals surface area contributed by atoms with Crippen molar-refractivity contribution in [2.45, 2.75) is 25.9 Å². The molecule has 0 aromatic heterocycles. The number of aryl methyl sites for hydroxylation is 1. The van der Waals surface area contributed by atoms with Gasteiger partial charge in [-0.15, -0.1) is 0 Å². The third kappa shape index (κ3) is 3.21. The molecular formula is C17H17NO. The van der Waals surface area contributed by atoms with Crippen LogP contribution in [0.3, 0.4) is 0 Å². The van der Waals surface area contributed by atoms with Crippen LogP contribution in [0.4, 0.5) is 0 Å². The van der Waals surface area contributed by atoms with Gasteiger partial charge in [0.25, 0.3) is 0 Å². The van der Waals surface area contributed by atoms with Gasteiger partial charge in [-0.05, 0) is 35.2 Å². The first-order valence-corrected chi connectivity index (χ1v) is 6.51. The van der Waals surface area contributed by atoms with Gasteiger partial charge in [0, 0.05) is 0 Å². The number of hydrogen-bond donors (Lipinski definition) is 1. The van der Waals surface area contributed by atoms with E-state index < -0.39 is 6.10 Å². The standard InChI is InChI=1S/C17H17NO/c1-2-4-13-7-9-15(10-8-13)17(19)16-6-3-5-14(11-16)12-18/h3,5-11,17,19H,2,4H2,1H3. The molecule has 0 saturated carbocycles. The van der Waals surface area contributed by atoms with Crippen molar-refractivity contribution in [1.82, 2.24) is 0 Å². The highest BCUT2D eigenvalue weighted by Gasteiger charge is 2.10. The molecule has 0 bridgehead atoms. The lowest BCUT2D eigenvalue weighted by Crippen LogP contribution is -2.00. The molecule has 0 saturated heterocycles. The van der Waals surface area contributed by atoms with Crippen molar-refractivity contribution in [2.75, 3.05) is 0 Å². The van der Waals surface area contributed by atoms with Crippen molar-refractivity contribution in [2.24, 2.45) is 0 Å². The van der Waals surface area contributed by atoms with Crippen LogP contribution >= 0.6 is 0 Å². The molecule has 0 spiro atoms. The van der Waals surface area contributed by atoms with Gasteiger partial charge in [-0.2, -0.15) is 5.26 Å². The summed E-state index contributed by atoms with van der Waals surface area (Å²) in [5.74, 6) is 0. The number of aliphatic hydroxyl groups is 1. The molecule has 0 radical (unpaired) electrons. The molecular weight excluding hydrogens is 234 g/mol. The molecule has 0 aliphatic heterocycles. The van der Waals surface area contributed by atoms with Crippen LogP contribution in [0.25, 0.3) is 0 Å². The lowest BCUT2D eigenvalue weighted by molar-refractivity contribution is 0.220. The Labute approximate surface area is 114 Å². The smallest absolute Gasteiger partial charge is 0.104 e. The Kier molecular flexibility index (Phi) is 4.33. The molecule has 0 aliphatic rings. The topological polar surface area (TPSA) is 44.0 Å². The number of nitrogens with zero attached hydrogens (tertiary/aromatic N) is 1. The Hall–Kier alpha value is -2.11. The first-order chi connectivity index (χ1) is 9.24. The first kappa shape index (κ1) is 13.3. The Morgan fingerprint density at radius 3 is 2.47 bits per heavy atom. The summed E-state index contributed by atoms with van der Waals surface area (Å²) in [4.78, 5) is 0. The summed E-state index contributed by atoms with van der Waals surface area (Å²) in [6.45, 7) is 2.15. The van der Waals surface area contributed by atoms with Crippen molar-refractivity contribution in [1.29, 1.82) is 5.26 Å². The molecule has 2 rings (SSSR count). The summed E-state index contributed by atoms with van der Waals surface area (Å²) in [6.07, 6.45) is 1.50. The molecule has 0 fully saturated rings. The second kappa shape index (κ2) is 6.17. The van der Waals surface area contributed by atoms with Crippen LogP contribution in [0.15, 0.2) is 48.5 Å². The summed E-state index contributed by atoms with van der Waals surface area (Å²) in [5.41, 5.74) is 3.46. The van der Waals surface area contributed by atoms with Gasteiger partial charge >= 0.3 is 0 Å². The van der Waals surface area contributed by atoms with E-state index in [0.717, 1.165) is 24.0 Å². The molecule has 0 amide bonds. The fraction of sp³-hybridized carbons (Fsp3) is 0.235. The van der Waals surface area contributed by atoms with Crippen molar-refractivity contribution in [3.63, 3.8) is 0 Å². The zero-order chi connectivity index (χ0) is 13.7. The number of aliphatic hydroxyl groups excluding tert-OH is 1. The number of rotatable bonds is 4. The Morgan fingerprint density at radius 2 is 1.84 bits per heavy atom. The lowest BCUT2D eigenvalue weighted by atomic mass is 9.98. The van der Waals surface area contributed by atoms with Gasteiger partial charge in [0.2, 0.25) is 0 Å². The minimum Gasteiger partial charge on any atom is -0.384 e. The van der Waals surface area contributed by atoms with Crippen molar-refractivity contribution < 1.29 is 5.11 Å². The molecule has 2 aromatic rings. The van der Waals surface area contributed by atoms with E-state index in [9.17, 15) is 5.11 Å². The average Bonchev–Trinajstić information content (AvgIpc) is 2.48. The van der Waals surface area contributed by atoms with E-state index in [1.165, 1.54) is 5.56 Å². The normalized spacial score (nSPS) is 11.8. The largest absolute Gasteiger partial charge is 0.384 e. The van der Waals surface area contributed by atoms with E-state index >= 15 is 0 Å². The maximum atomic E-state index is 10.3. The van der Waals surface area contributed by atoms with Gasteiger partial charge in [-0.25, -0.2) is 0 Å². The highest BCUT2D eigenvalue weighted by molar-refractivity contribution is 5.38. The van der Waals surface area contributed by atoms with Crippen molar-refractivity contribution >= 4 is 0 Å². The molecule has 1 unspecified atom stereocenters. The molecule has 0 heterocycles. The highest BCUT2D eigenvalue weighted by atomic mass is 16.3. The second-order valence-electron chi connectivity index (χ2n) is 4.63. The molecule has 0 aliphatic carbocycles. The van der Waals surface area contributed by atoms with E-state index in [2.05, 4.69) is 25.1 Å². The molecule has 2 heteroatoms. The van der Waals surface area contributed by atoms with Gasteiger partial charge in [-0.1, -0.05) is 49.7 Å². The highest BCUT2D eigenvalue weighted by Crippen LogP contribution is 2.23. The summed E-state index contributed by atoms with van der Waals surface area (Å²) in [6, 6.07) is 17.2. The van der Waals surface area contributed by atoms with Gasteiger partial charge in [0.05, 0.1) is 11.6 Å². The summed E-state index contributed by atoms with van der Waals surface area (Å²) in [7, 11) is 0. The van der Waals surface area contributed by atoms with Crippen LogP contribution in [0.1, 0.15) is 41.7 Å². The molecule has 19 heavy (non-hydrogen) atoms. The minimum absolute atomic E-state index is 0.569. The lowest BCUT2D eigenvalue weighted by Gasteiger charge is -2.12.